The highest BCUT2D eigenvalue weighted by Crippen LogP contribution is 2.35. The molecule has 0 spiro atoms. The average molecular weight is 344 g/mol. The second-order valence-corrected chi connectivity index (χ2v) is 5.74. The van der Waals surface area contributed by atoms with Gasteiger partial charge in [-0.1, -0.05) is 13.8 Å². The molecule has 2 aromatic carbocycles. The molecular formula is C16H16N4O5. The molecule has 9 heteroatoms. The molecule has 9 nitrogen and oxygen atoms in total. The largest absolute Gasteiger partial charge is 0.508 e. The summed E-state index contributed by atoms with van der Waals surface area (Å²) in [5.41, 5.74) is 0.795. The third kappa shape index (κ3) is 3.94. The first-order valence-corrected chi connectivity index (χ1v) is 7.38. The number of non-ortho nitro benzene ring substituents is 1. The Labute approximate surface area is 142 Å². The summed E-state index contributed by atoms with van der Waals surface area (Å²) in [5.74, 6) is 0.205. The molecule has 0 aliphatic carbocycles. The molecule has 0 bridgehead atoms. The van der Waals surface area contributed by atoms with Crippen LogP contribution in [0.1, 0.15) is 30.9 Å². The summed E-state index contributed by atoms with van der Waals surface area (Å²) in [4.78, 5) is 20.4. The monoisotopic (exact) mass is 344 g/mol. The Bertz CT molecular complexity index is 877. The maximum absolute atomic E-state index is 11.1. The lowest BCUT2D eigenvalue weighted by Gasteiger charge is -2.10. The first kappa shape index (κ1) is 18.0. The van der Waals surface area contributed by atoms with Gasteiger partial charge in [0, 0.05) is 6.07 Å². The number of nitro groups is 2. The molecule has 0 aliphatic heterocycles. The van der Waals surface area contributed by atoms with Gasteiger partial charge in [-0.2, -0.15) is 5.11 Å². The van der Waals surface area contributed by atoms with Gasteiger partial charge in [0.05, 0.1) is 21.6 Å². The summed E-state index contributed by atoms with van der Waals surface area (Å²) in [6.45, 7) is 5.54. The number of phenolic OH excluding ortho intramolecular Hbond substituents is 1. The number of nitro benzene ring substituents is 2. The third-order valence-corrected chi connectivity index (χ3v) is 3.60. The van der Waals surface area contributed by atoms with Gasteiger partial charge >= 0.3 is 5.69 Å². The van der Waals surface area contributed by atoms with E-state index in [1.54, 1.807) is 19.1 Å². The number of nitrogens with zero attached hydrogens (tertiary/aromatic N) is 4. The number of aromatic hydroxyl groups is 1. The van der Waals surface area contributed by atoms with Crippen molar-refractivity contribution in [3.63, 3.8) is 0 Å². The van der Waals surface area contributed by atoms with Crippen molar-refractivity contribution in [2.45, 2.75) is 26.7 Å². The van der Waals surface area contributed by atoms with Crippen molar-refractivity contribution in [2.75, 3.05) is 0 Å². The normalized spacial score (nSPS) is 11.2. The van der Waals surface area contributed by atoms with Gasteiger partial charge in [-0.15, -0.1) is 5.11 Å². The zero-order valence-electron chi connectivity index (χ0n) is 13.8. The molecule has 0 heterocycles. The molecule has 0 saturated carbocycles. The van der Waals surface area contributed by atoms with E-state index in [1.807, 2.05) is 13.8 Å². The number of hydrogen-bond acceptors (Lipinski definition) is 7. The van der Waals surface area contributed by atoms with E-state index in [9.17, 15) is 25.3 Å². The molecule has 0 atom stereocenters. The van der Waals surface area contributed by atoms with Gasteiger partial charge in [0.15, 0.2) is 5.69 Å². The highest BCUT2D eigenvalue weighted by Gasteiger charge is 2.19. The quantitative estimate of drug-likeness (QED) is 0.460. The van der Waals surface area contributed by atoms with E-state index in [4.69, 9.17) is 0 Å². The van der Waals surface area contributed by atoms with Gasteiger partial charge in [-0.3, -0.25) is 20.2 Å². The number of phenols is 1. The number of rotatable bonds is 5. The summed E-state index contributed by atoms with van der Waals surface area (Å²) in [5, 5.41) is 39.7. The van der Waals surface area contributed by atoms with Crippen molar-refractivity contribution in [3.05, 3.63) is 61.7 Å². The second kappa shape index (κ2) is 7.04. The van der Waals surface area contributed by atoms with Crippen molar-refractivity contribution in [3.8, 4) is 5.75 Å². The highest BCUT2D eigenvalue weighted by molar-refractivity contribution is 5.62. The standard InChI is InChI=1S/C16H16N4O5/c1-9(2)12-8-14(10(3)6-16(12)21)18-17-13-5-4-11(19(22)23)7-15(13)20(24)25/h4-9,21H,1-3H3. The van der Waals surface area contributed by atoms with Crippen molar-refractivity contribution >= 4 is 22.7 Å². The summed E-state index contributed by atoms with van der Waals surface area (Å²) < 4.78 is 0. The molecule has 0 aromatic heterocycles. The van der Waals surface area contributed by atoms with Crippen LogP contribution in [0.25, 0.3) is 0 Å². The molecule has 1 N–H and O–H groups in total. The second-order valence-electron chi connectivity index (χ2n) is 5.74. The fourth-order valence-corrected chi connectivity index (χ4v) is 2.23. The predicted octanol–water partition coefficient (Wildman–Crippen LogP) is 5.06. The van der Waals surface area contributed by atoms with Crippen molar-refractivity contribution < 1.29 is 15.0 Å². The van der Waals surface area contributed by atoms with Crippen LogP contribution in [0.5, 0.6) is 5.75 Å². The van der Waals surface area contributed by atoms with Crippen LogP contribution in [-0.4, -0.2) is 15.0 Å². The molecule has 0 radical (unpaired) electrons. The van der Waals surface area contributed by atoms with Crippen LogP contribution in [0.15, 0.2) is 40.6 Å². The Morgan fingerprint density at radius 3 is 2.20 bits per heavy atom. The lowest BCUT2D eigenvalue weighted by molar-refractivity contribution is -0.393. The average Bonchev–Trinajstić information content (AvgIpc) is 2.53. The van der Waals surface area contributed by atoms with Gasteiger partial charge in [-0.05, 0) is 42.2 Å². The summed E-state index contributed by atoms with van der Waals surface area (Å²) >= 11 is 0. The maximum atomic E-state index is 11.1. The molecule has 25 heavy (non-hydrogen) atoms. The molecule has 0 amide bonds. The van der Waals surface area contributed by atoms with Gasteiger partial charge in [0.25, 0.3) is 5.69 Å². The molecule has 2 rings (SSSR count). The van der Waals surface area contributed by atoms with E-state index in [-0.39, 0.29) is 17.4 Å². The topological polar surface area (TPSA) is 131 Å². The Balaban J connectivity index is 2.48. The first-order valence-electron chi connectivity index (χ1n) is 7.38. The Morgan fingerprint density at radius 2 is 1.64 bits per heavy atom. The van der Waals surface area contributed by atoms with Gasteiger partial charge in [-0.25, -0.2) is 0 Å². The van der Waals surface area contributed by atoms with Crippen LogP contribution in [0.4, 0.5) is 22.7 Å². The van der Waals surface area contributed by atoms with Gasteiger partial charge in [0.1, 0.15) is 5.75 Å². The Morgan fingerprint density at radius 1 is 1.00 bits per heavy atom. The molecule has 2 aromatic rings. The molecule has 0 aliphatic rings. The van der Waals surface area contributed by atoms with E-state index in [0.29, 0.717) is 16.8 Å². The van der Waals surface area contributed by atoms with E-state index in [1.165, 1.54) is 6.07 Å². The van der Waals surface area contributed by atoms with Crippen LogP contribution in [0.2, 0.25) is 0 Å². The smallest absolute Gasteiger partial charge is 0.303 e. The third-order valence-electron chi connectivity index (χ3n) is 3.60. The molecule has 0 fully saturated rings. The van der Waals surface area contributed by atoms with Crippen LogP contribution >= 0.6 is 0 Å². The fraction of sp³-hybridized carbons (Fsp3) is 0.250. The van der Waals surface area contributed by atoms with Crippen molar-refractivity contribution in [2.24, 2.45) is 10.2 Å². The van der Waals surface area contributed by atoms with E-state index >= 15 is 0 Å². The summed E-state index contributed by atoms with van der Waals surface area (Å²) in [6.07, 6.45) is 0. The number of benzene rings is 2. The van der Waals surface area contributed by atoms with Gasteiger partial charge in [0.2, 0.25) is 0 Å². The molecule has 0 unspecified atom stereocenters. The minimum atomic E-state index is -0.745. The molecule has 0 saturated heterocycles. The fourth-order valence-electron chi connectivity index (χ4n) is 2.23. The SMILES string of the molecule is Cc1cc(O)c(C(C)C)cc1N=Nc1ccc([N+](=O)[O-])cc1[N+](=O)[O-]. The number of azo groups is 1. The summed E-state index contributed by atoms with van der Waals surface area (Å²) in [7, 11) is 0. The lowest BCUT2D eigenvalue weighted by Crippen LogP contribution is -1.92. The zero-order valence-corrected chi connectivity index (χ0v) is 13.8. The minimum absolute atomic E-state index is 0.0586. The van der Waals surface area contributed by atoms with Crippen LogP contribution in [0.3, 0.4) is 0 Å². The number of aryl methyl sites for hydroxylation is 1. The van der Waals surface area contributed by atoms with E-state index in [2.05, 4.69) is 10.2 Å². The van der Waals surface area contributed by atoms with E-state index in [0.717, 1.165) is 12.1 Å². The first-order chi connectivity index (χ1) is 11.7. The Kier molecular flexibility index (Phi) is 5.06. The molecule has 130 valence electrons. The number of hydrogen-bond donors (Lipinski definition) is 1. The van der Waals surface area contributed by atoms with Crippen LogP contribution < -0.4 is 0 Å². The predicted molar refractivity (Wildman–Crippen MR) is 90.9 cm³/mol. The zero-order chi connectivity index (χ0) is 18.7. The highest BCUT2D eigenvalue weighted by atomic mass is 16.6. The van der Waals surface area contributed by atoms with E-state index < -0.39 is 21.2 Å². The molecular weight excluding hydrogens is 328 g/mol. The van der Waals surface area contributed by atoms with Crippen molar-refractivity contribution in [1.82, 2.24) is 0 Å². The van der Waals surface area contributed by atoms with Gasteiger partial charge < -0.3 is 5.11 Å². The lowest BCUT2D eigenvalue weighted by atomic mass is 9.99. The summed E-state index contributed by atoms with van der Waals surface area (Å²) in [6, 6.07) is 6.37. The minimum Gasteiger partial charge on any atom is -0.508 e. The van der Waals surface area contributed by atoms with Crippen molar-refractivity contribution in [1.29, 1.82) is 0 Å². The Hall–Kier alpha value is -3.36. The van der Waals surface area contributed by atoms with Crippen LogP contribution in [0, 0.1) is 27.2 Å². The maximum Gasteiger partial charge on any atom is 0.303 e. The van der Waals surface area contributed by atoms with Crippen LogP contribution in [-0.2, 0) is 0 Å².